The highest BCUT2D eigenvalue weighted by Crippen LogP contribution is 2.39. The van der Waals surface area contributed by atoms with Crippen molar-refractivity contribution in [3.8, 4) is 5.75 Å². The molecule has 0 radical (unpaired) electrons. The number of alkyl halides is 3. The van der Waals surface area contributed by atoms with E-state index in [0.717, 1.165) is 18.7 Å². The van der Waals surface area contributed by atoms with Crippen molar-refractivity contribution < 1.29 is 22.7 Å². The SMILES string of the molecule is O=C(CSc1nnc(Cc2cccs2)n1C1CC1)NCc1ccccc1OC(F)(F)F. The Morgan fingerprint density at radius 1 is 1.23 bits per heavy atom. The molecule has 11 heteroatoms. The number of amides is 1. The predicted octanol–water partition coefficient (Wildman–Crippen LogP) is 4.57. The van der Waals surface area contributed by atoms with Crippen LogP contribution in [-0.4, -0.2) is 32.8 Å². The van der Waals surface area contributed by atoms with Crippen molar-refractivity contribution in [1.82, 2.24) is 20.1 Å². The van der Waals surface area contributed by atoms with Crippen LogP contribution in [0.25, 0.3) is 0 Å². The molecule has 6 nitrogen and oxygen atoms in total. The maximum atomic E-state index is 12.5. The van der Waals surface area contributed by atoms with Crippen LogP contribution >= 0.6 is 23.1 Å². The molecule has 3 aromatic rings. The van der Waals surface area contributed by atoms with E-state index in [9.17, 15) is 18.0 Å². The quantitative estimate of drug-likeness (QED) is 0.466. The van der Waals surface area contributed by atoms with Crippen molar-refractivity contribution in [2.45, 2.75) is 43.4 Å². The average Bonchev–Trinajstić information content (AvgIpc) is 3.27. The van der Waals surface area contributed by atoms with E-state index in [-0.39, 0.29) is 29.5 Å². The molecule has 2 aromatic heterocycles. The number of carbonyl (C=O) groups excluding carboxylic acids is 1. The van der Waals surface area contributed by atoms with Crippen LogP contribution in [0.2, 0.25) is 0 Å². The van der Waals surface area contributed by atoms with E-state index in [4.69, 9.17) is 0 Å². The molecule has 0 bridgehead atoms. The maximum Gasteiger partial charge on any atom is 0.573 e. The first-order valence-corrected chi connectivity index (χ1v) is 11.4. The molecule has 0 atom stereocenters. The lowest BCUT2D eigenvalue weighted by atomic mass is 10.2. The Kier molecular flexibility index (Phi) is 6.51. The van der Waals surface area contributed by atoms with Gasteiger partial charge in [-0.05, 0) is 30.4 Å². The Bertz CT molecular complexity index is 1030. The van der Waals surface area contributed by atoms with Crippen molar-refractivity contribution in [2.75, 3.05) is 5.75 Å². The number of hydrogen-bond acceptors (Lipinski definition) is 6. The summed E-state index contributed by atoms with van der Waals surface area (Å²) in [5.74, 6) is 0.337. The molecule has 1 N–H and O–H groups in total. The number of ether oxygens (including phenoxy) is 1. The first-order chi connectivity index (χ1) is 14.9. The lowest BCUT2D eigenvalue weighted by Crippen LogP contribution is -2.26. The van der Waals surface area contributed by atoms with Gasteiger partial charge in [0, 0.05) is 29.4 Å². The molecule has 164 valence electrons. The summed E-state index contributed by atoms with van der Waals surface area (Å²) in [7, 11) is 0. The molecule has 0 unspecified atom stereocenters. The number of nitrogens with one attached hydrogen (secondary N) is 1. The lowest BCUT2D eigenvalue weighted by molar-refractivity contribution is -0.274. The van der Waals surface area contributed by atoms with Gasteiger partial charge in [-0.2, -0.15) is 0 Å². The molecular weight excluding hydrogens is 449 g/mol. The zero-order valence-electron chi connectivity index (χ0n) is 16.3. The number of rotatable bonds is 9. The van der Waals surface area contributed by atoms with Gasteiger partial charge in [-0.15, -0.1) is 34.7 Å². The topological polar surface area (TPSA) is 69.0 Å². The van der Waals surface area contributed by atoms with Gasteiger partial charge in [-0.3, -0.25) is 4.79 Å². The average molecular weight is 469 g/mol. The Hall–Kier alpha value is -2.53. The molecule has 31 heavy (non-hydrogen) atoms. The van der Waals surface area contributed by atoms with E-state index in [2.05, 4.69) is 30.9 Å². The normalized spacial score (nSPS) is 13.9. The van der Waals surface area contributed by atoms with Gasteiger partial charge in [0.2, 0.25) is 5.91 Å². The Morgan fingerprint density at radius 3 is 2.74 bits per heavy atom. The van der Waals surface area contributed by atoms with Crippen LogP contribution < -0.4 is 10.1 Å². The molecule has 1 aromatic carbocycles. The van der Waals surface area contributed by atoms with E-state index in [0.29, 0.717) is 17.6 Å². The fraction of sp³-hybridized carbons (Fsp3) is 0.350. The van der Waals surface area contributed by atoms with Gasteiger partial charge in [-0.25, -0.2) is 0 Å². The number of aromatic nitrogens is 3. The van der Waals surface area contributed by atoms with Gasteiger partial charge >= 0.3 is 6.36 Å². The summed E-state index contributed by atoms with van der Waals surface area (Å²) >= 11 is 2.94. The van der Waals surface area contributed by atoms with Gasteiger partial charge < -0.3 is 14.6 Å². The van der Waals surface area contributed by atoms with Crippen LogP contribution in [-0.2, 0) is 17.8 Å². The molecule has 4 rings (SSSR count). The summed E-state index contributed by atoms with van der Waals surface area (Å²) in [6, 6.07) is 10.1. The highest BCUT2D eigenvalue weighted by Gasteiger charge is 2.32. The molecular formula is C20H19F3N4O2S2. The summed E-state index contributed by atoms with van der Waals surface area (Å²) in [6.45, 7) is -0.0649. The monoisotopic (exact) mass is 468 g/mol. The van der Waals surface area contributed by atoms with Crippen molar-refractivity contribution in [1.29, 1.82) is 0 Å². The van der Waals surface area contributed by atoms with Crippen molar-refractivity contribution >= 4 is 29.0 Å². The fourth-order valence-corrected chi connectivity index (χ4v) is 4.60. The standard InChI is InChI=1S/C20H19F3N4O2S2/c21-20(22,23)29-16-6-2-1-4-13(16)11-24-18(28)12-31-19-26-25-17(27(19)14-7-8-14)10-15-5-3-9-30-15/h1-6,9,14H,7-8,10-12H2,(H,24,28). The third-order valence-corrected chi connectivity index (χ3v) is 6.39. The molecule has 2 heterocycles. The lowest BCUT2D eigenvalue weighted by Gasteiger charge is -2.13. The minimum Gasteiger partial charge on any atom is -0.405 e. The molecule has 0 saturated heterocycles. The van der Waals surface area contributed by atoms with Crippen LogP contribution in [0, 0.1) is 0 Å². The van der Waals surface area contributed by atoms with Gasteiger partial charge in [0.15, 0.2) is 5.16 Å². The number of hydrogen-bond donors (Lipinski definition) is 1. The summed E-state index contributed by atoms with van der Waals surface area (Å²) in [5.41, 5.74) is 0.248. The summed E-state index contributed by atoms with van der Waals surface area (Å²) in [4.78, 5) is 13.5. The van der Waals surface area contributed by atoms with Crippen LogP contribution in [0.5, 0.6) is 5.75 Å². The number of benzene rings is 1. The second-order valence-electron chi connectivity index (χ2n) is 6.98. The molecule has 0 spiro atoms. The summed E-state index contributed by atoms with van der Waals surface area (Å²) < 4.78 is 43.7. The van der Waals surface area contributed by atoms with E-state index in [1.54, 1.807) is 17.4 Å². The van der Waals surface area contributed by atoms with Crippen LogP contribution in [0.4, 0.5) is 13.2 Å². The highest BCUT2D eigenvalue weighted by molar-refractivity contribution is 7.99. The number of halogens is 3. The second kappa shape index (κ2) is 9.31. The van der Waals surface area contributed by atoms with E-state index >= 15 is 0 Å². The van der Waals surface area contributed by atoms with E-state index < -0.39 is 6.36 Å². The molecule has 1 aliphatic carbocycles. The zero-order chi connectivity index (χ0) is 21.8. The fourth-order valence-electron chi connectivity index (χ4n) is 3.04. The van der Waals surface area contributed by atoms with E-state index in [1.807, 2.05) is 11.4 Å². The number of thiophene rings is 1. The summed E-state index contributed by atoms with van der Waals surface area (Å²) in [6.07, 6.45) is -1.97. The van der Waals surface area contributed by atoms with Crippen LogP contribution in [0.15, 0.2) is 46.9 Å². The molecule has 1 saturated carbocycles. The smallest absolute Gasteiger partial charge is 0.405 e. The van der Waals surface area contributed by atoms with E-state index in [1.165, 1.54) is 34.8 Å². The Balaban J connectivity index is 1.34. The molecule has 0 aliphatic heterocycles. The molecule has 1 aliphatic rings. The van der Waals surface area contributed by atoms with Gasteiger partial charge in [0.05, 0.1) is 5.75 Å². The highest BCUT2D eigenvalue weighted by atomic mass is 32.2. The minimum atomic E-state index is -4.79. The predicted molar refractivity (Wildman–Crippen MR) is 111 cm³/mol. The third kappa shape index (κ3) is 6.01. The Labute approximate surface area is 184 Å². The van der Waals surface area contributed by atoms with Crippen molar-refractivity contribution in [3.05, 3.63) is 58.0 Å². The minimum absolute atomic E-state index is 0.0649. The molecule has 1 amide bonds. The number of para-hydroxylation sites is 1. The van der Waals surface area contributed by atoms with Crippen molar-refractivity contribution in [2.24, 2.45) is 0 Å². The van der Waals surface area contributed by atoms with Gasteiger partial charge in [-0.1, -0.05) is 36.0 Å². The third-order valence-electron chi connectivity index (χ3n) is 4.57. The Morgan fingerprint density at radius 2 is 2.03 bits per heavy atom. The number of nitrogens with zero attached hydrogens (tertiary/aromatic N) is 3. The largest absolute Gasteiger partial charge is 0.573 e. The first-order valence-electron chi connectivity index (χ1n) is 9.58. The number of thioether (sulfide) groups is 1. The van der Waals surface area contributed by atoms with Crippen molar-refractivity contribution in [3.63, 3.8) is 0 Å². The zero-order valence-corrected chi connectivity index (χ0v) is 17.9. The van der Waals surface area contributed by atoms with Crippen LogP contribution in [0.1, 0.15) is 35.1 Å². The number of carbonyl (C=O) groups is 1. The first kappa shape index (κ1) is 21.7. The molecule has 1 fully saturated rings. The maximum absolute atomic E-state index is 12.5. The van der Waals surface area contributed by atoms with Gasteiger partial charge in [0.1, 0.15) is 11.6 Å². The second-order valence-corrected chi connectivity index (χ2v) is 8.95. The van der Waals surface area contributed by atoms with Gasteiger partial charge in [0.25, 0.3) is 0 Å². The summed E-state index contributed by atoms with van der Waals surface area (Å²) in [5, 5.41) is 13.9. The van der Waals surface area contributed by atoms with Crippen LogP contribution in [0.3, 0.4) is 0 Å².